The summed E-state index contributed by atoms with van der Waals surface area (Å²) in [5.41, 5.74) is 2.38. The molecule has 6 atom stereocenters. The van der Waals surface area contributed by atoms with Crippen molar-refractivity contribution in [3.8, 4) is 23.7 Å². The number of ether oxygens (including phenoxy) is 2. The molecule has 382 valence electrons. The molecule has 0 fully saturated rings. The fraction of sp³-hybridized carbons (Fsp3) is 0.444. The third kappa shape index (κ3) is 12.7. The topological polar surface area (TPSA) is 207 Å². The number of pyridine rings is 2. The summed E-state index contributed by atoms with van der Waals surface area (Å²) in [6.45, 7) is 14.3. The molecule has 0 unspecified atom stereocenters. The van der Waals surface area contributed by atoms with Crippen molar-refractivity contribution in [3.63, 3.8) is 0 Å². The van der Waals surface area contributed by atoms with Crippen molar-refractivity contribution in [2.75, 3.05) is 50.2 Å². The molecule has 0 radical (unpaired) electrons. The Morgan fingerprint density at radius 3 is 1.31 bits per heavy atom. The summed E-state index contributed by atoms with van der Waals surface area (Å²) in [4.78, 5) is 91.1. The zero-order chi connectivity index (χ0) is 52.7. The summed E-state index contributed by atoms with van der Waals surface area (Å²) in [6, 6.07) is 11.4. The number of halogens is 2. The van der Waals surface area contributed by atoms with E-state index in [4.69, 9.17) is 9.47 Å². The number of carbonyl (C=O) groups excluding carboxylic acids is 4. The number of aromatic amines is 2. The molecule has 2 aromatic heterocycles. The Morgan fingerprint density at radius 2 is 0.972 bits per heavy atom. The number of carbonyl (C=O) groups is 4. The van der Waals surface area contributed by atoms with E-state index in [1.165, 1.54) is 34.1 Å². The van der Waals surface area contributed by atoms with Crippen LogP contribution in [0.1, 0.15) is 89.0 Å². The molecular weight excluding hydrogens is 927 g/mol. The molecule has 6 N–H and O–H groups in total. The molecule has 4 heterocycles. The van der Waals surface area contributed by atoms with E-state index < -0.39 is 82.5 Å². The van der Waals surface area contributed by atoms with Gasteiger partial charge in [0.1, 0.15) is 36.9 Å². The van der Waals surface area contributed by atoms with E-state index in [0.29, 0.717) is 45.0 Å². The van der Waals surface area contributed by atoms with Crippen molar-refractivity contribution in [3.05, 3.63) is 127 Å². The largest absolute Gasteiger partial charge is 0.363 e. The van der Waals surface area contributed by atoms with Gasteiger partial charge in [0.05, 0.1) is 35.7 Å². The second-order valence-electron chi connectivity index (χ2n) is 19.6. The van der Waals surface area contributed by atoms with Crippen LogP contribution in [0.3, 0.4) is 0 Å². The number of aromatic nitrogens is 2. The lowest BCUT2D eigenvalue weighted by Crippen LogP contribution is -2.57. The zero-order valence-corrected chi connectivity index (χ0v) is 42.4. The van der Waals surface area contributed by atoms with Gasteiger partial charge in [-0.2, -0.15) is 0 Å². The molecule has 0 spiro atoms. The number of fused-ring (bicyclic) bond motifs is 2. The quantitative estimate of drug-likeness (QED) is 0.0801. The van der Waals surface area contributed by atoms with Gasteiger partial charge >= 0.3 is 0 Å². The number of benzene rings is 2. The maximum Gasteiger partial charge on any atom is 0.252 e. The lowest BCUT2D eigenvalue weighted by Gasteiger charge is -2.30. The normalized spacial score (nSPS) is 16.6. The molecule has 0 aliphatic carbocycles. The van der Waals surface area contributed by atoms with E-state index in [1.54, 1.807) is 78.2 Å². The monoisotopic (exact) mass is 990 g/mol. The highest BCUT2D eigenvalue weighted by Gasteiger charge is 2.45. The molecular formula is C54H64F2N8O8. The zero-order valence-electron chi connectivity index (χ0n) is 42.4. The van der Waals surface area contributed by atoms with Crippen molar-refractivity contribution in [1.29, 1.82) is 0 Å². The summed E-state index contributed by atoms with van der Waals surface area (Å²) in [6.07, 6.45) is -1.35. The molecule has 2 aliphatic rings. The summed E-state index contributed by atoms with van der Waals surface area (Å²) < 4.78 is 39.3. The van der Waals surface area contributed by atoms with Crippen LogP contribution in [0.15, 0.2) is 70.3 Å². The van der Waals surface area contributed by atoms with Crippen molar-refractivity contribution in [2.45, 2.75) is 115 Å². The predicted octanol–water partition coefficient (Wildman–Crippen LogP) is 3.47. The van der Waals surface area contributed by atoms with E-state index >= 15 is 0 Å². The second kappa shape index (κ2) is 23.1. The summed E-state index contributed by atoms with van der Waals surface area (Å²) in [5, 5.41) is 11.4. The maximum atomic E-state index is 14.5. The number of hydrogen-bond acceptors (Lipinski definition) is 10. The minimum Gasteiger partial charge on any atom is -0.363 e. The van der Waals surface area contributed by atoms with Crippen LogP contribution in [0.2, 0.25) is 0 Å². The minimum absolute atomic E-state index is 0.164. The van der Waals surface area contributed by atoms with Crippen LogP contribution < -0.4 is 42.2 Å². The van der Waals surface area contributed by atoms with Gasteiger partial charge in [-0.1, -0.05) is 63.8 Å². The van der Waals surface area contributed by atoms with Crippen LogP contribution >= 0.6 is 0 Å². The number of amides is 4. The third-order valence-electron chi connectivity index (χ3n) is 13.2. The standard InChI is InChI=1S/C54H64F2N8O8/c1-31(57-9)47(65)59-43(51(69)63-29-53(5,6)45-41(63)27-37(49(67)61-45)25-35-15-19-39(55)20-16-35)33(3)71-23-13-11-12-14-24-72-34(4)44(60-48(66)32(2)58-10)52(70)64-30-54(7,8)46-42(64)28-38(50(68)62-46)26-36-17-21-40(56)22-18-36/h15-22,27-28,31-34,43-44,57-58H,23-26,29-30H2,1-10H3,(H,59,65)(H,60,66)(H,61,67)(H,62,68)/t31-,32-,33+,34+,43-,44-/m0/s1. The summed E-state index contributed by atoms with van der Waals surface area (Å²) in [5.74, 6) is 8.43. The van der Waals surface area contributed by atoms with Gasteiger partial charge in [0.2, 0.25) is 11.8 Å². The first-order valence-corrected chi connectivity index (χ1v) is 23.8. The number of nitrogens with one attached hydrogen (secondary N) is 6. The van der Waals surface area contributed by atoms with E-state index in [2.05, 4.69) is 54.9 Å². The highest BCUT2D eigenvalue weighted by atomic mass is 19.1. The van der Waals surface area contributed by atoms with Gasteiger partial charge in [0.25, 0.3) is 22.9 Å². The molecule has 0 saturated heterocycles. The van der Waals surface area contributed by atoms with Crippen LogP contribution in [-0.2, 0) is 52.3 Å². The Labute approximate surface area is 418 Å². The molecule has 0 saturated carbocycles. The van der Waals surface area contributed by atoms with Gasteiger partial charge in [-0.05, 0) is 101 Å². The Hall–Kier alpha value is -6.96. The van der Waals surface area contributed by atoms with E-state index in [0.717, 1.165) is 0 Å². The SMILES string of the molecule is CN[C@@H](C)C(=O)N[C@H](C(=O)N1CC(C)(C)c2[nH]c(=O)c(Cc3ccc(F)cc3)cc21)[C@@H](C)OCC#CC#CCO[C@H](C)[C@H](NC(=O)[C@H](C)NC)C(=O)N1CC(C)(C)c2[nH]c(=O)c(Cc3ccc(F)cc3)cc21. The van der Waals surface area contributed by atoms with Crippen LogP contribution in [0.5, 0.6) is 0 Å². The number of nitrogens with zero attached hydrogens (tertiary/aromatic N) is 2. The van der Waals surface area contributed by atoms with E-state index in [-0.39, 0.29) is 50.3 Å². The van der Waals surface area contributed by atoms with Crippen molar-refractivity contribution >= 4 is 35.0 Å². The van der Waals surface area contributed by atoms with Crippen LogP contribution in [0.4, 0.5) is 20.2 Å². The van der Waals surface area contributed by atoms with Crippen molar-refractivity contribution in [2.24, 2.45) is 0 Å². The van der Waals surface area contributed by atoms with Gasteiger partial charge in [0.15, 0.2) is 0 Å². The molecule has 16 nitrogen and oxygen atoms in total. The fourth-order valence-electron chi connectivity index (χ4n) is 8.61. The first-order chi connectivity index (χ1) is 34.0. The van der Waals surface area contributed by atoms with Gasteiger partial charge < -0.3 is 50.5 Å². The molecule has 18 heteroatoms. The Balaban J connectivity index is 1.13. The maximum absolute atomic E-state index is 14.5. The molecule has 2 aliphatic heterocycles. The molecule has 6 rings (SSSR count). The molecule has 4 aromatic rings. The number of likely N-dealkylation sites (N-methyl/N-ethyl adjacent to an activating group) is 2. The average molecular weight is 991 g/mol. The van der Waals surface area contributed by atoms with E-state index in [9.17, 15) is 37.5 Å². The minimum atomic E-state index is -1.16. The Bertz CT molecular complexity index is 2720. The van der Waals surface area contributed by atoms with Gasteiger partial charge in [-0.3, -0.25) is 28.8 Å². The van der Waals surface area contributed by atoms with Crippen LogP contribution in [-0.4, -0.2) is 110 Å². The molecule has 0 bridgehead atoms. The van der Waals surface area contributed by atoms with Gasteiger partial charge in [-0.25, -0.2) is 8.78 Å². The number of hydrogen-bond donors (Lipinski definition) is 6. The van der Waals surface area contributed by atoms with Crippen molar-refractivity contribution < 1.29 is 37.4 Å². The second-order valence-corrected chi connectivity index (χ2v) is 19.6. The fourth-order valence-corrected chi connectivity index (χ4v) is 8.61. The van der Waals surface area contributed by atoms with E-state index in [1.807, 2.05) is 27.7 Å². The Morgan fingerprint density at radius 1 is 0.625 bits per heavy atom. The Kier molecular flexibility index (Phi) is 17.4. The molecule has 4 amide bonds. The first-order valence-electron chi connectivity index (χ1n) is 23.8. The third-order valence-corrected chi connectivity index (χ3v) is 13.2. The average Bonchev–Trinajstić information content (AvgIpc) is 3.76. The lowest BCUT2D eigenvalue weighted by molar-refractivity contribution is -0.131. The highest BCUT2D eigenvalue weighted by molar-refractivity contribution is 6.03. The van der Waals surface area contributed by atoms with Crippen LogP contribution in [0, 0.1) is 35.3 Å². The smallest absolute Gasteiger partial charge is 0.252 e. The number of rotatable bonds is 18. The number of anilines is 2. The predicted molar refractivity (Wildman–Crippen MR) is 271 cm³/mol. The lowest BCUT2D eigenvalue weighted by atomic mass is 9.91. The van der Waals surface area contributed by atoms with Crippen molar-refractivity contribution in [1.82, 2.24) is 31.2 Å². The highest BCUT2D eigenvalue weighted by Crippen LogP contribution is 2.41. The van der Waals surface area contributed by atoms with Crippen LogP contribution in [0.25, 0.3) is 0 Å². The first kappa shape index (κ1) is 54.4. The molecule has 2 aromatic carbocycles. The van der Waals surface area contributed by atoms with Gasteiger partial charge in [-0.15, -0.1) is 0 Å². The van der Waals surface area contributed by atoms with Gasteiger partial charge in [0, 0.05) is 59.3 Å². The number of H-pyrrole nitrogens is 2. The molecule has 72 heavy (non-hydrogen) atoms. The summed E-state index contributed by atoms with van der Waals surface area (Å²) in [7, 11) is 3.24. The summed E-state index contributed by atoms with van der Waals surface area (Å²) >= 11 is 0.